The highest BCUT2D eigenvalue weighted by atomic mass is 35.5. The summed E-state index contributed by atoms with van der Waals surface area (Å²) in [5, 5.41) is 9.17. The first-order valence-electron chi connectivity index (χ1n) is 10.2. The second kappa shape index (κ2) is 11.9. The first-order valence-corrected chi connectivity index (χ1v) is 11.9. The molecule has 0 aliphatic carbocycles. The zero-order chi connectivity index (χ0) is 23.9. The summed E-state index contributed by atoms with van der Waals surface area (Å²) >= 11 is 0. The smallest absolute Gasteiger partial charge is 0.273 e. The van der Waals surface area contributed by atoms with E-state index in [0.29, 0.717) is 17.2 Å². The van der Waals surface area contributed by atoms with Crippen LogP contribution < -0.4 is 10.2 Å². The van der Waals surface area contributed by atoms with Gasteiger partial charge in [-0.2, -0.15) is 0 Å². The Labute approximate surface area is 205 Å². The van der Waals surface area contributed by atoms with Crippen LogP contribution in [0.3, 0.4) is 0 Å². The lowest BCUT2D eigenvalue weighted by Crippen LogP contribution is -2.47. The molecule has 0 radical (unpaired) electrons. The van der Waals surface area contributed by atoms with Crippen LogP contribution in [0.4, 0.5) is 0 Å². The third-order valence-electron chi connectivity index (χ3n) is 4.91. The molecule has 1 aromatic heterocycles. The van der Waals surface area contributed by atoms with E-state index in [9.17, 15) is 18.4 Å². The molecule has 0 aliphatic rings. The van der Waals surface area contributed by atoms with Crippen molar-refractivity contribution in [1.29, 1.82) is 0 Å². The molecule has 1 atom stereocenters. The Hall–Kier alpha value is -2.98. The molecule has 8 nitrogen and oxygen atoms in total. The summed E-state index contributed by atoms with van der Waals surface area (Å²) in [7, 11) is -3.79. The van der Waals surface area contributed by atoms with Crippen LogP contribution in [-0.2, 0) is 26.0 Å². The first kappa shape index (κ1) is 27.3. The Kier molecular flexibility index (Phi) is 9.57. The average molecular weight is 507 g/mol. The molecule has 3 rings (SSSR count). The number of pyridine rings is 1. The van der Waals surface area contributed by atoms with Gasteiger partial charge < -0.3 is 9.47 Å². The number of benzene rings is 2. The van der Waals surface area contributed by atoms with Crippen LogP contribution in [0.2, 0.25) is 0 Å². The van der Waals surface area contributed by atoms with E-state index in [2.05, 4.69) is 4.98 Å². The molecule has 0 spiro atoms. The standard InChI is InChI=1S/C24H26N2O6S.ClH/c1-24(2,22(23(27)26-28)31-16-18-8-6-7-15-25-18)17-33(29,30)21-13-11-20(12-14-21)32-19-9-4-3-5-10-19;/h3-15,22,28H,16-17H2,1-2H3,(H,26,27);1H/t22-;/m1./s1. The summed E-state index contributed by atoms with van der Waals surface area (Å²) in [6.45, 7) is 3.17. The number of carbonyl (C=O) groups is 1. The van der Waals surface area contributed by atoms with Gasteiger partial charge in [0.2, 0.25) is 0 Å². The largest absolute Gasteiger partial charge is 0.457 e. The highest BCUT2D eigenvalue weighted by Crippen LogP contribution is 2.30. The van der Waals surface area contributed by atoms with Gasteiger partial charge >= 0.3 is 0 Å². The summed E-state index contributed by atoms with van der Waals surface area (Å²) < 4.78 is 37.6. The zero-order valence-corrected chi connectivity index (χ0v) is 20.4. The number of hydrogen-bond donors (Lipinski definition) is 2. The molecule has 0 bridgehead atoms. The van der Waals surface area contributed by atoms with Crippen molar-refractivity contribution < 1.29 is 27.9 Å². The number of ether oxygens (including phenoxy) is 2. The molecule has 0 aliphatic heterocycles. The number of sulfone groups is 1. The van der Waals surface area contributed by atoms with E-state index in [1.54, 1.807) is 68.0 Å². The quantitative estimate of drug-likeness (QED) is 0.313. The van der Waals surface area contributed by atoms with Gasteiger partial charge in [-0.25, -0.2) is 13.9 Å². The average Bonchev–Trinajstić information content (AvgIpc) is 2.80. The van der Waals surface area contributed by atoms with Crippen LogP contribution in [-0.4, -0.2) is 36.4 Å². The van der Waals surface area contributed by atoms with E-state index in [0.717, 1.165) is 0 Å². The fourth-order valence-electron chi connectivity index (χ4n) is 3.36. The molecule has 2 aromatic carbocycles. The van der Waals surface area contributed by atoms with Crippen molar-refractivity contribution in [3.63, 3.8) is 0 Å². The summed E-state index contributed by atoms with van der Waals surface area (Å²) in [4.78, 5) is 16.5. The number of hydrogen-bond acceptors (Lipinski definition) is 7. The SMILES string of the molecule is CC(C)(CS(=O)(=O)c1ccc(Oc2ccccc2)cc1)[C@H](OCc1ccccn1)C(=O)NO.Cl. The Morgan fingerprint density at radius 3 is 2.21 bits per heavy atom. The second-order valence-electron chi connectivity index (χ2n) is 8.12. The van der Waals surface area contributed by atoms with E-state index < -0.39 is 27.3 Å². The Morgan fingerprint density at radius 1 is 1.00 bits per heavy atom. The fourth-order valence-corrected chi connectivity index (χ4v) is 5.20. The maximum atomic E-state index is 13.1. The summed E-state index contributed by atoms with van der Waals surface area (Å²) in [5.41, 5.74) is 0.971. The molecule has 182 valence electrons. The van der Waals surface area contributed by atoms with E-state index in [1.165, 1.54) is 12.1 Å². The third-order valence-corrected chi connectivity index (χ3v) is 7.02. The predicted octanol–water partition coefficient (Wildman–Crippen LogP) is 4.19. The molecule has 3 aromatic rings. The Bertz CT molecular complexity index is 1160. The van der Waals surface area contributed by atoms with Gasteiger partial charge in [-0.3, -0.25) is 15.0 Å². The van der Waals surface area contributed by atoms with Gasteiger partial charge in [0.15, 0.2) is 9.84 Å². The van der Waals surface area contributed by atoms with Gasteiger partial charge in [0.05, 0.1) is 22.9 Å². The molecule has 10 heteroatoms. The minimum absolute atomic E-state index is 0. The predicted molar refractivity (Wildman–Crippen MR) is 129 cm³/mol. The topological polar surface area (TPSA) is 115 Å². The number of para-hydroxylation sites is 1. The number of aromatic nitrogens is 1. The van der Waals surface area contributed by atoms with Crippen LogP contribution in [0.5, 0.6) is 11.5 Å². The number of amides is 1. The van der Waals surface area contributed by atoms with Crippen LogP contribution in [0.25, 0.3) is 0 Å². The summed E-state index contributed by atoms with van der Waals surface area (Å²) in [6, 6.07) is 20.4. The fraction of sp³-hybridized carbons (Fsp3) is 0.250. The van der Waals surface area contributed by atoms with Crippen molar-refractivity contribution in [2.45, 2.75) is 31.5 Å². The van der Waals surface area contributed by atoms with Crippen molar-refractivity contribution in [3.05, 3.63) is 84.7 Å². The van der Waals surface area contributed by atoms with Crippen molar-refractivity contribution in [2.75, 3.05) is 5.75 Å². The number of rotatable bonds is 10. The van der Waals surface area contributed by atoms with E-state index in [4.69, 9.17) is 9.47 Å². The van der Waals surface area contributed by atoms with Gasteiger partial charge in [0, 0.05) is 11.6 Å². The molecular weight excluding hydrogens is 480 g/mol. The highest BCUT2D eigenvalue weighted by Gasteiger charge is 2.40. The normalized spacial score (nSPS) is 12.3. The maximum absolute atomic E-state index is 13.1. The van der Waals surface area contributed by atoms with Gasteiger partial charge in [-0.05, 0) is 48.5 Å². The van der Waals surface area contributed by atoms with Gasteiger partial charge in [-0.15, -0.1) is 12.4 Å². The van der Waals surface area contributed by atoms with Crippen molar-refractivity contribution in [3.8, 4) is 11.5 Å². The van der Waals surface area contributed by atoms with E-state index in [-0.39, 0.29) is 29.7 Å². The summed E-state index contributed by atoms with van der Waals surface area (Å²) in [6.07, 6.45) is 0.348. The second-order valence-corrected chi connectivity index (χ2v) is 10.1. The lowest BCUT2D eigenvalue weighted by atomic mass is 9.88. The van der Waals surface area contributed by atoms with Crippen LogP contribution in [0.15, 0.2) is 83.9 Å². The zero-order valence-electron chi connectivity index (χ0n) is 18.7. The lowest BCUT2D eigenvalue weighted by Gasteiger charge is -2.32. The van der Waals surface area contributed by atoms with Crippen molar-refractivity contribution >= 4 is 28.2 Å². The van der Waals surface area contributed by atoms with Crippen molar-refractivity contribution in [1.82, 2.24) is 10.5 Å². The molecule has 0 unspecified atom stereocenters. The van der Waals surface area contributed by atoms with Gasteiger partial charge in [0.25, 0.3) is 5.91 Å². The molecule has 0 saturated carbocycles. The molecule has 1 amide bonds. The van der Waals surface area contributed by atoms with Crippen LogP contribution in [0.1, 0.15) is 19.5 Å². The van der Waals surface area contributed by atoms with Crippen molar-refractivity contribution in [2.24, 2.45) is 5.41 Å². The Balaban J connectivity index is 0.00000408. The lowest BCUT2D eigenvalue weighted by molar-refractivity contribution is -0.150. The first-order chi connectivity index (χ1) is 15.7. The molecule has 34 heavy (non-hydrogen) atoms. The van der Waals surface area contributed by atoms with Crippen LogP contribution >= 0.6 is 12.4 Å². The molecule has 0 saturated heterocycles. The number of hydroxylamine groups is 1. The molecule has 0 fully saturated rings. The molecule has 1 heterocycles. The third kappa shape index (κ3) is 7.26. The summed E-state index contributed by atoms with van der Waals surface area (Å²) in [5.74, 6) is -0.0929. The minimum Gasteiger partial charge on any atom is -0.457 e. The van der Waals surface area contributed by atoms with Gasteiger partial charge in [-0.1, -0.05) is 38.1 Å². The Morgan fingerprint density at radius 2 is 1.62 bits per heavy atom. The number of nitrogens with zero attached hydrogens (tertiary/aromatic N) is 1. The van der Waals surface area contributed by atoms with E-state index in [1.807, 2.05) is 18.2 Å². The van der Waals surface area contributed by atoms with E-state index >= 15 is 0 Å². The number of nitrogens with one attached hydrogen (secondary N) is 1. The molecule has 2 N–H and O–H groups in total. The molecular formula is C24H27ClN2O6S. The highest BCUT2D eigenvalue weighted by molar-refractivity contribution is 7.91. The number of carbonyl (C=O) groups excluding carboxylic acids is 1. The number of halogens is 1. The minimum atomic E-state index is -3.79. The van der Waals surface area contributed by atoms with Crippen LogP contribution in [0, 0.1) is 5.41 Å². The monoisotopic (exact) mass is 506 g/mol. The van der Waals surface area contributed by atoms with Gasteiger partial charge in [0.1, 0.15) is 17.6 Å². The maximum Gasteiger partial charge on any atom is 0.273 e.